The van der Waals surface area contributed by atoms with Crippen LogP contribution in [0.1, 0.15) is 15.9 Å². The first-order valence-electron chi connectivity index (χ1n) is 8.32. The van der Waals surface area contributed by atoms with Gasteiger partial charge in [0.1, 0.15) is 10.8 Å². The van der Waals surface area contributed by atoms with Crippen molar-refractivity contribution in [3.05, 3.63) is 76.5 Å². The number of pyridine rings is 2. The average molecular weight is 443 g/mol. The highest BCUT2D eigenvalue weighted by molar-refractivity contribution is 9.10. The van der Waals surface area contributed by atoms with Gasteiger partial charge in [-0.1, -0.05) is 33.8 Å². The molecule has 0 saturated heterocycles. The van der Waals surface area contributed by atoms with Crippen molar-refractivity contribution in [2.24, 2.45) is 0 Å². The normalized spacial score (nSPS) is 10.5. The third-order valence-electron chi connectivity index (χ3n) is 3.77. The molecule has 0 atom stereocenters. The molecule has 138 valence electrons. The number of hydrogen-bond donors (Lipinski definition) is 1. The third kappa shape index (κ3) is 5.08. The van der Waals surface area contributed by atoms with E-state index >= 15 is 0 Å². The van der Waals surface area contributed by atoms with E-state index in [2.05, 4.69) is 31.2 Å². The lowest BCUT2D eigenvalue weighted by Gasteiger charge is -2.16. The molecule has 3 rings (SSSR count). The molecule has 1 aromatic carbocycles. The number of nitrogens with zero attached hydrogens (tertiary/aromatic N) is 3. The highest BCUT2D eigenvalue weighted by Gasteiger charge is 2.14. The summed E-state index contributed by atoms with van der Waals surface area (Å²) < 4.78 is 1.01. The summed E-state index contributed by atoms with van der Waals surface area (Å²) >= 11 is 4.90. The molecule has 0 unspecified atom stereocenters. The molecular formula is C20H19BrN4OS. The van der Waals surface area contributed by atoms with E-state index in [9.17, 15) is 4.79 Å². The monoisotopic (exact) mass is 442 g/mol. The summed E-state index contributed by atoms with van der Waals surface area (Å²) in [6, 6.07) is 15.3. The van der Waals surface area contributed by atoms with Crippen LogP contribution in [0, 0.1) is 0 Å². The van der Waals surface area contributed by atoms with Crippen molar-refractivity contribution < 1.29 is 4.79 Å². The van der Waals surface area contributed by atoms with Crippen molar-refractivity contribution in [2.45, 2.75) is 16.5 Å². The molecule has 3 aromatic rings. The number of benzene rings is 1. The number of rotatable bonds is 6. The molecule has 0 fully saturated rings. The summed E-state index contributed by atoms with van der Waals surface area (Å²) in [7, 11) is 3.86. The molecule has 27 heavy (non-hydrogen) atoms. The smallest absolute Gasteiger partial charge is 0.254 e. The number of carbonyl (C=O) groups excluding carboxylic acids is 1. The first kappa shape index (κ1) is 19.4. The molecule has 7 heteroatoms. The summed E-state index contributed by atoms with van der Waals surface area (Å²) in [5, 5.41) is 3.66. The summed E-state index contributed by atoms with van der Waals surface area (Å²) in [6.45, 7) is 0.400. The zero-order valence-electron chi connectivity index (χ0n) is 15.0. The minimum atomic E-state index is -0.156. The highest BCUT2D eigenvalue weighted by atomic mass is 79.9. The highest BCUT2D eigenvalue weighted by Crippen LogP contribution is 2.29. The predicted molar refractivity (Wildman–Crippen MR) is 112 cm³/mol. The van der Waals surface area contributed by atoms with Gasteiger partial charge in [0.15, 0.2) is 0 Å². The van der Waals surface area contributed by atoms with Crippen LogP contribution in [0.2, 0.25) is 0 Å². The van der Waals surface area contributed by atoms with Gasteiger partial charge >= 0.3 is 0 Å². The van der Waals surface area contributed by atoms with E-state index in [0.29, 0.717) is 17.1 Å². The van der Waals surface area contributed by atoms with Crippen molar-refractivity contribution >= 4 is 39.4 Å². The zero-order valence-corrected chi connectivity index (χ0v) is 17.4. The van der Waals surface area contributed by atoms with Gasteiger partial charge in [-0.3, -0.25) is 4.79 Å². The second-order valence-electron chi connectivity index (χ2n) is 5.98. The predicted octanol–water partition coefficient (Wildman–Crippen LogP) is 4.39. The number of halogens is 1. The lowest BCUT2D eigenvalue weighted by atomic mass is 10.2. The van der Waals surface area contributed by atoms with Crippen LogP contribution in [0.5, 0.6) is 0 Å². The SMILES string of the molecule is CN(C)c1ncccc1CNC(=O)c1cccnc1Sc1ccc(Br)cc1. The molecule has 1 N–H and O–H groups in total. The van der Waals surface area contributed by atoms with Crippen LogP contribution < -0.4 is 10.2 Å². The van der Waals surface area contributed by atoms with E-state index in [1.807, 2.05) is 55.4 Å². The third-order valence-corrected chi connectivity index (χ3v) is 5.33. The Labute approximate surface area is 171 Å². The Morgan fingerprint density at radius 2 is 1.78 bits per heavy atom. The minimum absolute atomic E-state index is 0.156. The largest absolute Gasteiger partial charge is 0.362 e. The average Bonchev–Trinajstić information content (AvgIpc) is 2.68. The molecule has 2 aromatic heterocycles. The van der Waals surface area contributed by atoms with Crippen molar-refractivity contribution in [3.8, 4) is 0 Å². The van der Waals surface area contributed by atoms with E-state index in [-0.39, 0.29) is 5.91 Å². The standard InChI is InChI=1S/C20H19BrN4OS/c1-25(2)18-14(5-3-11-22-18)13-24-19(26)17-6-4-12-23-20(17)27-16-9-7-15(21)8-10-16/h3-12H,13H2,1-2H3,(H,24,26). The number of anilines is 1. The summed E-state index contributed by atoms with van der Waals surface area (Å²) in [6.07, 6.45) is 3.44. The van der Waals surface area contributed by atoms with Gasteiger partial charge in [0.05, 0.1) is 5.56 Å². The van der Waals surface area contributed by atoms with Crippen LogP contribution in [-0.4, -0.2) is 30.0 Å². The van der Waals surface area contributed by atoms with Gasteiger partial charge < -0.3 is 10.2 Å². The molecule has 0 radical (unpaired) electrons. The van der Waals surface area contributed by atoms with Crippen LogP contribution in [0.25, 0.3) is 0 Å². The van der Waals surface area contributed by atoms with Gasteiger partial charge in [0, 0.05) is 48.0 Å². The molecule has 0 spiro atoms. The molecule has 0 saturated carbocycles. The first-order valence-corrected chi connectivity index (χ1v) is 9.93. The van der Waals surface area contributed by atoms with Gasteiger partial charge in [-0.2, -0.15) is 0 Å². The van der Waals surface area contributed by atoms with E-state index < -0.39 is 0 Å². The zero-order chi connectivity index (χ0) is 19.2. The quantitative estimate of drug-likeness (QED) is 0.613. The Hall–Kier alpha value is -2.38. The maximum absolute atomic E-state index is 12.8. The fourth-order valence-electron chi connectivity index (χ4n) is 2.50. The van der Waals surface area contributed by atoms with Gasteiger partial charge in [-0.25, -0.2) is 9.97 Å². The van der Waals surface area contributed by atoms with Gasteiger partial charge in [0.2, 0.25) is 0 Å². The fourth-order valence-corrected chi connectivity index (χ4v) is 3.64. The first-order chi connectivity index (χ1) is 13.0. The van der Waals surface area contributed by atoms with Crippen molar-refractivity contribution in [2.75, 3.05) is 19.0 Å². The van der Waals surface area contributed by atoms with Gasteiger partial charge in [-0.15, -0.1) is 0 Å². The Bertz CT molecular complexity index is 931. The van der Waals surface area contributed by atoms with Crippen LogP contribution in [0.15, 0.2) is 75.3 Å². The number of hydrogen-bond acceptors (Lipinski definition) is 5. The molecule has 2 heterocycles. The van der Waals surface area contributed by atoms with Crippen molar-refractivity contribution in [1.82, 2.24) is 15.3 Å². The molecule has 0 aliphatic rings. The van der Waals surface area contributed by atoms with Crippen LogP contribution in [-0.2, 0) is 6.54 Å². The summed E-state index contributed by atoms with van der Waals surface area (Å²) in [4.78, 5) is 24.5. The summed E-state index contributed by atoms with van der Waals surface area (Å²) in [5.41, 5.74) is 1.52. The molecule has 1 amide bonds. The lowest BCUT2D eigenvalue weighted by Crippen LogP contribution is -2.25. The van der Waals surface area contributed by atoms with Crippen molar-refractivity contribution in [1.29, 1.82) is 0 Å². The maximum atomic E-state index is 12.8. The van der Waals surface area contributed by atoms with Crippen LogP contribution in [0.4, 0.5) is 5.82 Å². The Morgan fingerprint density at radius 3 is 2.52 bits per heavy atom. The summed E-state index contributed by atoms with van der Waals surface area (Å²) in [5.74, 6) is 0.685. The molecule has 0 aliphatic heterocycles. The molecule has 5 nitrogen and oxygen atoms in total. The Balaban J connectivity index is 1.75. The number of amides is 1. The second-order valence-corrected chi connectivity index (χ2v) is 7.95. The number of aromatic nitrogens is 2. The Morgan fingerprint density at radius 1 is 1.07 bits per heavy atom. The number of nitrogens with one attached hydrogen (secondary N) is 1. The lowest BCUT2D eigenvalue weighted by molar-refractivity contribution is 0.0947. The molecule has 0 aliphatic carbocycles. The molecular weight excluding hydrogens is 424 g/mol. The van der Waals surface area contributed by atoms with Crippen LogP contribution >= 0.6 is 27.7 Å². The van der Waals surface area contributed by atoms with E-state index in [4.69, 9.17) is 0 Å². The van der Waals surface area contributed by atoms with Gasteiger partial charge in [0.25, 0.3) is 5.91 Å². The second kappa shape index (κ2) is 9.01. The van der Waals surface area contributed by atoms with Crippen LogP contribution in [0.3, 0.4) is 0 Å². The van der Waals surface area contributed by atoms with E-state index in [1.165, 1.54) is 11.8 Å². The fraction of sp³-hybridized carbons (Fsp3) is 0.150. The minimum Gasteiger partial charge on any atom is -0.362 e. The van der Waals surface area contributed by atoms with Gasteiger partial charge in [-0.05, 0) is 42.5 Å². The topological polar surface area (TPSA) is 58.1 Å². The Kier molecular flexibility index (Phi) is 6.47. The van der Waals surface area contributed by atoms with Crippen molar-refractivity contribution in [3.63, 3.8) is 0 Å². The maximum Gasteiger partial charge on any atom is 0.254 e. The van der Waals surface area contributed by atoms with E-state index in [1.54, 1.807) is 24.5 Å². The molecule has 0 bridgehead atoms. The number of carbonyl (C=O) groups is 1. The van der Waals surface area contributed by atoms with E-state index in [0.717, 1.165) is 20.7 Å².